The first-order valence-corrected chi connectivity index (χ1v) is 17.6. The molecule has 0 saturated carbocycles. The number of aromatic nitrogens is 3. The van der Waals surface area contributed by atoms with Gasteiger partial charge in [-0.25, -0.2) is 0 Å². The molecule has 3 N–H and O–H groups in total. The van der Waals surface area contributed by atoms with E-state index in [0.717, 1.165) is 71.8 Å². The number of para-hydroxylation sites is 5. The molecule has 248 valence electrons. The number of fused-ring (bicyclic) bond motifs is 14. The van der Waals surface area contributed by atoms with Gasteiger partial charge in [-0.15, -0.1) is 0 Å². The zero-order valence-electron chi connectivity index (χ0n) is 28.5. The lowest BCUT2D eigenvalue weighted by molar-refractivity contribution is 0.677. The van der Waals surface area contributed by atoms with Gasteiger partial charge in [-0.3, -0.25) is 4.57 Å². The summed E-state index contributed by atoms with van der Waals surface area (Å²) in [7, 11) is 0. The summed E-state index contributed by atoms with van der Waals surface area (Å²) in [5.74, 6) is 0.732. The van der Waals surface area contributed by atoms with Gasteiger partial charge in [0.15, 0.2) is 0 Å². The number of rotatable bonds is 3. The highest BCUT2D eigenvalue weighted by molar-refractivity contribution is 6.28. The van der Waals surface area contributed by atoms with Crippen LogP contribution < -0.4 is 5.73 Å². The Bertz CT molecular complexity index is 3150. The zero-order valence-corrected chi connectivity index (χ0v) is 28.5. The van der Waals surface area contributed by atoms with Gasteiger partial charge in [0.1, 0.15) is 17.0 Å². The van der Waals surface area contributed by atoms with E-state index in [1.165, 1.54) is 27.1 Å². The van der Waals surface area contributed by atoms with Gasteiger partial charge in [0, 0.05) is 43.5 Å². The predicted molar refractivity (Wildman–Crippen MR) is 220 cm³/mol. The number of benzene rings is 7. The van der Waals surface area contributed by atoms with Crippen LogP contribution in [0.25, 0.3) is 98.9 Å². The van der Waals surface area contributed by atoms with Crippen LogP contribution in [0.3, 0.4) is 0 Å². The molecule has 5 nitrogen and oxygen atoms in total. The van der Waals surface area contributed by atoms with Crippen molar-refractivity contribution in [3.63, 3.8) is 0 Å². The van der Waals surface area contributed by atoms with E-state index in [-0.39, 0.29) is 0 Å². The van der Waals surface area contributed by atoms with E-state index in [0.29, 0.717) is 0 Å². The van der Waals surface area contributed by atoms with Gasteiger partial charge in [0.25, 0.3) is 0 Å². The van der Waals surface area contributed by atoms with Crippen molar-refractivity contribution in [2.75, 3.05) is 0 Å². The maximum atomic E-state index is 6.77. The first kappa shape index (κ1) is 29.9. The van der Waals surface area contributed by atoms with Crippen molar-refractivity contribution < 1.29 is 4.42 Å². The van der Waals surface area contributed by atoms with Crippen LogP contribution in [0.5, 0.6) is 0 Å². The van der Waals surface area contributed by atoms with E-state index in [1.54, 1.807) is 0 Å². The molecule has 11 rings (SSSR count). The Hall–Kier alpha value is -6.98. The minimum Gasteiger partial charge on any atom is -0.455 e. The van der Waals surface area contributed by atoms with E-state index >= 15 is 0 Å². The summed E-state index contributed by atoms with van der Waals surface area (Å²) in [5, 5.41) is 9.48. The highest BCUT2D eigenvalue weighted by atomic mass is 16.3. The number of allylic oxidation sites excluding steroid dienone is 3. The maximum Gasteiger partial charge on any atom is 0.145 e. The van der Waals surface area contributed by atoms with Crippen LogP contribution in [0.2, 0.25) is 0 Å². The Balaban J connectivity index is 0.000000152. The molecule has 4 heterocycles. The van der Waals surface area contributed by atoms with E-state index in [4.69, 9.17) is 10.2 Å². The summed E-state index contributed by atoms with van der Waals surface area (Å²) in [6, 6.07) is 53.1. The molecule has 0 aliphatic rings. The van der Waals surface area contributed by atoms with Gasteiger partial charge in [0.2, 0.25) is 0 Å². The van der Waals surface area contributed by atoms with E-state index < -0.39 is 0 Å². The van der Waals surface area contributed by atoms with Crippen LogP contribution in [0.15, 0.2) is 174 Å². The summed E-state index contributed by atoms with van der Waals surface area (Å²) >= 11 is 0. The van der Waals surface area contributed by atoms with Crippen LogP contribution >= 0.6 is 0 Å². The standard InChI is InChI=1S/C30H18N2O.C17H16N2/c1-2-8-18(9-3-1)32-25-13-7-5-11-22(25)28-26(32)17-15-20-19-14-16-24-27(29(19)33-30(20)28)21-10-4-6-12-23(21)31-24;1-2-3-12-17(18)19-15-10-6-4-8-13(15)14-9-5-7-11-16(14)19/h1-17,31H;2-12H,18H2,1H3/b;3-2-,17-12+. The molecule has 0 atom stereocenters. The SMILES string of the molecule is C/C=C\C=C(/N)n1c2ccccc2c2ccccc21.c1ccc(-n2c3ccccc3c3c4oc5c(ccc6[nH]c7ccccc7c65)c4ccc32)cc1. The lowest BCUT2D eigenvalue weighted by Crippen LogP contribution is -2.05. The van der Waals surface area contributed by atoms with Crippen LogP contribution in [0.4, 0.5) is 0 Å². The van der Waals surface area contributed by atoms with E-state index in [2.05, 4.69) is 154 Å². The summed E-state index contributed by atoms with van der Waals surface area (Å²) in [6.45, 7) is 1.98. The summed E-state index contributed by atoms with van der Waals surface area (Å²) in [4.78, 5) is 3.54. The van der Waals surface area contributed by atoms with Gasteiger partial charge in [-0.1, -0.05) is 103 Å². The number of nitrogens with two attached hydrogens (primary N) is 1. The molecule has 0 spiro atoms. The van der Waals surface area contributed by atoms with Crippen molar-refractivity contribution in [2.45, 2.75) is 6.92 Å². The second kappa shape index (κ2) is 11.8. The molecule has 52 heavy (non-hydrogen) atoms. The number of aromatic amines is 1. The average molecular weight is 671 g/mol. The smallest absolute Gasteiger partial charge is 0.145 e. The highest BCUT2D eigenvalue weighted by Gasteiger charge is 2.20. The van der Waals surface area contributed by atoms with Gasteiger partial charge < -0.3 is 19.7 Å². The topological polar surface area (TPSA) is 64.8 Å². The Morgan fingerprint density at radius 3 is 1.81 bits per heavy atom. The van der Waals surface area contributed by atoms with Gasteiger partial charge in [-0.2, -0.15) is 0 Å². The molecular weight excluding hydrogens is 637 g/mol. The molecule has 5 heteroatoms. The largest absolute Gasteiger partial charge is 0.455 e. The number of nitrogens with one attached hydrogen (secondary N) is 1. The van der Waals surface area contributed by atoms with Crippen LogP contribution in [0, 0.1) is 0 Å². The van der Waals surface area contributed by atoms with Gasteiger partial charge in [0.05, 0.1) is 38.4 Å². The molecule has 4 aromatic heterocycles. The van der Waals surface area contributed by atoms with Crippen molar-refractivity contribution in [2.24, 2.45) is 5.73 Å². The molecule has 0 unspecified atom stereocenters. The van der Waals surface area contributed by atoms with Gasteiger partial charge >= 0.3 is 0 Å². The number of hydrogen-bond acceptors (Lipinski definition) is 2. The number of H-pyrrole nitrogens is 1. The summed E-state index contributed by atoms with van der Waals surface area (Å²) in [5.41, 5.74) is 16.1. The molecule has 7 aromatic carbocycles. The first-order chi connectivity index (χ1) is 25.7. The Morgan fingerprint density at radius 2 is 1.10 bits per heavy atom. The second-order valence-electron chi connectivity index (χ2n) is 13.1. The lowest BCUT2D eigenvalue weighted by Gasteiger charge is -2.07. The van der Waals surface area contributed by atoms with Crippen LogP contribution in [-0.4, -0.2) is 14.1 Å². The molecule has 0 aliphatic heterocycles. The van der Waals surface area contributed by atoms with Crippen molar-refractivity contribution >= 4 is 93.2 Å². The molecule has 0 fully saturated rings. The Kier molecular flexibility index (Phi) is 6.80. The number of furan rings is 1. The fourth-order valence-electron chi connectivity index (χ4n) is 8.00. The second-order valence-corrected chi connectivity index (χ2v) is 13.1. The molecule has 0 saturated heterocycles. The Labute approximate surface area is 299 Å². The van der Waals surface area contributed by atoms with Crippen molar-refractivity contribution in [3.05, 3.63) is 170 Å². The fourth-order valence-corrected chi connectivity index (χ4v) is 8.00. The van der Waals surface area contributed by atoms with Gasteiger partial charge in [-0.05, 0) is 73.7 Å². The third-order valence-electron chi connectivity index (χ3n) is 10.2. The minimum atomic E-state index is 0.732. The molecule has 11 aromatic rings. The van der Waals surface area contributed by atoms with Crippen molar-refractivity contribution in [1.82, 2.24) is 14.1 Å². The molecule has 0 radical (unpaired) electrons. The number of nitrogens with zero attached hydrogens (tertiary/aromatic N) is 2. The monoisotopic (exact) mass is 670 g/mol. The zero-order chi connectivity index (χ0) is 34.8. The van der Waals surface area contributed by atoms with Crippen LogP contribution in [-0.2, 0) is 0 Å². The van der Waals surface area contributed by atoms with E-state index in [9.17, 15) is 0 Å². The summed E-state index contributed by atoms with van der Waals surface area (Å²) in [6.07, 6.45) is 5.86. The minimum absolute atomic E-state index is 0.732. The molecule has 0 amide bonds. The fraction of sp³-hybridized carbons (Fsp3) is 0.0213. The Morgan fingerprint density at radius 1 is 0.519 bits per heavy atom. The van der Waals surface area contributed by atoms with Crippen molar-refractivity contribution in [3.8, 4) is 5.69 Å². The quantitative estimate of drug-likeness (QED) is 0.184. The molecule has 0 bridgehead atoms. The third-order valence-corrected chi connectivity index (χ3v) is 10.2. The maximum absolute atomic E-state index is 6.77. The first-order valence-electron chi connectivity index (χ1n) is 17.6. The number of hydrogen-bond donors (Lipinski definition) is 2. The summed E-state index contributed by atoms with van der Waals surface area (Å²) < 4.78 is 11.2. The predicted octanol–water partition coefficient (Wildman–Crippen LogP) is 12.4. The lowest BCUT2D eigenvalue weighted by atomic mass is 10.1. The average Bonchev–Trinajstić information content (AvgIpc) is 3.95. The van der Waals surface area contributed by atoms with E-state index in [1.807, 2.05) is 37.3 Å². The molecule has 0 aliphatic carbocycles. The van der Waals surface area contributed by atoms with Crippen molar-refractivity contribution in [1.29, 1.82) is 0 Å². The van der Waals surface area contributed by atoms with Crippen LogP contribution in [0.1, 0.15) is 6.92 Å². The molecular formula is C47H34N4O. The third kappa shape index (κ3) is 4.42. The highest BCUT2D eigenvalue weighted by Crippen LogP contribution is 2.43. The normalized spacial score (nSPS) is 12.4.